The number of carbonyl (C=O) groups excluding carboxylic acids is 2. The summed E-state index contributed by atoms with van der Waals surface area (Å²) in [5, 5.41) is 7.62. The molecule has 0 spiro atoms. The van der Waals surface area contributed by atoms with Gasteiger partial charge >= 0.3 is 0 Å². The normalized spacial score (nSPS) is 11.5. The summed E-state index contributed by atoms with van der Waals surface area (Å²) in [7, 11) is 1.61. The third-order valence-corrected chi connectivity index (χ3v) is 5.14. The first-order valence-corrected chi connectivity index (χ1v) is 9.82. The van der Waals surface area contributed by atoms with Crippen molar-refractivity contribution in [3.8, 4) is 5.75 Å². The summed E-state index contributed by atoms with van der Waals surface area (Å²) in [5.41, 5.74) is 1.94. The van der Waals surface area contributed by atoms with Crippen LogP contribution in [0.1, 0.15) is 20.8 Å². The maximum atomic E-state index is 12.8. The van der Waals surface area contributed by atoms with E-state index in [0.29, 0.717) is 17.8 Å². The van der Waals surface area contributed by atoms with E-state index in [1.54, 1.807) is 13.2 Å². The molecule has 0 fully saturated rings. The molecule has 3 aromatic rings. The predicted molar refractivity (Wildman–Crippen MR) is 111 cm³/mol. The Bertz CT molecular complexity index is 893. The van der Waals surface area contributed by atoms with Crippen molar-refractivity contribution < 1.29 is 14.3 Å². The molecule has 1 heterocycles. The average Bonchev–Trinajstić information content (AvgIpc) is 3.28. The molecule has 0 saturated carbocycles. The molecule has 0 bridgehead atoms. The van der Waals surface area contributed by atoms with Crippen molar-refractivity contribution in [1.82, 2.24) is 10.6 Å². The lowest BCUT2D eigenvalue weighted by molar-refractivity contribution is -0.123. The molecule has 0 aliphatic carbocycles. The summed E-state index contributed by atoms with van der Waals surface area (Å²) >= 11 is 1.35. The Morgan fingerprint density at radius 1 is 0.964 bits per heavy atom. The van der Waals surface area contributed by atoms with Gasteiger partial charge in [-0.2, -0.15) is 0 Å². The van der Waals surface area contributed by atoms with Gasteiger partial charge in [-0.05, 0) is 34.7 Å². The number of methoxy groups -OCH3 is 1. The van der Waals surface area contributed by atoms with Gasteiger partial charge in [0.2, 0.25) is 5.91 Å². The van der Waals surface area contributed by atoms with E-state index in [4.69, 9.17) is 4.74 Å². The minimum absolute atomic E-state index is 0.218. The van der Waals surface area contributed by atoms with Crippen molar-refractivity contribution in [3.05, 3.63) is 88.1 Å². The van der Waals surface area contributed by atoms with E-state index in [1.807, 2.05) is 66.0 Å². The molecule has 6 heteroatoms. The number of benzene rings is 2. The molecule has 2 amide bonds. The van der Waals surface area contributed by atoms with E-state index >= 15 is 0 Å². The Morgan fingerprint density at radius 3 is 2.36 bits per heavy atom. The van der Waals surface area contributed by atoms with Gasteiger partial charge in [0.15, 0.2) is 0 Å². The highest BCUT2D eigenvalue weighted by atomic mass is 32.1. The first-order chi connectivity index (χ1) is 13.7. The van der Waals surface area contributed by atoms with Crippen LogP contribution in [0.15, 0.2) is 72.1 Å². The number of ether oxygens (including phenoxy) is 1. The molecule has 1 atom stereocenters. The second-order valence-corrected chi connectivity index (χ2v) is 7.21. The summed E-state index contributed by atoms with van der Waals surface area (Å²) in [5.74, 6) is 0.306. The number of nitrogens with one attached hydrogen (secondary N) is 2. The Kier molecular flexibility index (Phi) is 6.81. The smallest absolute Gasteiger partial charge is 0.262 e. The number of amides is 2. The minimum atomic E-state index is -0.657. The Hall–Kier alpha value is -3.12. The lowest BCUT2D eigenvalue weighted by Gasteiger charge is -2.18. The zero-order valence-corrected chi connectivity index (χ0v) is 16.4. The fourth-order valence-electron chi connectivity index (χ4n) is 2.75. The van der Waals surface area contributed by atoms with Gasteiger partial charge in [-0.1, -0.05) is 48.5 Å². The number of hydrogen-bond donors (Lipinski definition) is 2. The van der Waals surface area contributed by atoms with Crippen LogP contribution in [0.3, 0.4) is 0 Å². The average molecular weight is 394 g/mol. The van der Waals surface area contributed by atoms with E-state index in [-0.39, 0.29) is 11.8 Å². The second kappa shape index (κ2) is 9.71. The molecule has 0 radical (unpaired) electrons. The van der Waals surface area contributed by atoms with Crippen molar-refractivity contribution in [3.63, 3.8) is 0 Å². The highest BCUT2D eigenvalue weighted by molar-refractivity contribution is 7.12. The van der Waals surface area contributed by atoms with Gasteiger partial charge in [0.1, 0.15) is 11.8 Å². The Balaban J connectivity index is 1.67. The largest absolute Gasteiger partial charge is 0.497 e. The van der Waals surface area contributed by atoms with E-state index in [0.717, 1.165) is 16.9 Å². The number of carbonyl (C=O) groups is 2. The van der Waals surface area contributed by atoms with Crippen molar-refractivity contribution in [2.24, 2.45) is 0 Å². The zero-order chi connectivity index (χ0) is 19.8. The molecule has 2 aromatic carbocycles. The van der Waals surface area contributed by atoms with Gasteiger partial charge in [0.25, 0.3) is 5.91 Å². The molecular weight excluding hydrogens is 372 g/mol. The van der Waals surface area contributed by atoms with Gasteiger partial charge in [-0.25, -0.2) is 0 Å². The van der Waals surface area contributed by atoms with Crippen molar-refractivity contribution in [1.29, 1.82) is 0 Å². The summed E-state index contributed by atoms with van der Waals surface area (Å²) < 4.78 is 5.14. The van der Waals surface area contributed by atoms with Gasteiger partial charge in [-0.15, -0.1) is 11.3 Å². The fraction of sp³-hybridized carbons (Fsp3) is 0.182. The van der Waals surface area contributed by atoms with Crippen molar-refractivity contribution >= 4 is 23.2 Å². The van der Waals surface area contributed by atoms with Crippen LogP contribution in [0.2, 0.25) is 0 Å². The highest BCUT2D eigenvalue weighted by Crippen LogP contribution is 2.12. The monoisotopic (exact) mass is 394 g/mol. The molecule has 0 saturated heterocycles. The van der Waals surface area contributed by atoms with Gasteiger partial charge in [0, 0.05) is 13.0 Å². The van der Waals surface area contributed by atoms with Crippen molar-refractivity contribution in [2.75, 3.05) is 7.11 Å². The molecule has 2 N–H and O–H groups in total. The standard InChI is InChI=1S/C22H22N2O3S/c1-27-18-11-9-17(10-12-18)15-23-21(25)19(14-16-6-3-2-4-7-16)24-22(26)20-8-5-13-28-20/h2-13,19H,14-15H2,1H3,(H,23,25)(H,24,26)/t19-/m0/s1. The maximum Gasteiger partial charge on any atom is 0.262 e. The molecular formula is C22H22N2O3S. The third kappa shape index (κ3) is 5.44. The predicted octanol–water partition coefficient (Wildman–Crippen LogP) is 3.41. The topological polar surface area (TPSA) is 67.4 Å². The summed E-state index contributed by atoms with van der Waals surface area (Å²) in [6.45, 7) is 0.378. The first-order valence-electron chi connectivity index (χ1n) is 8.94. The minimum Gasteiger partial charge on any atom is -0.497 e. The first kappa shape index (κ1) is 19.6. The van der Waals surface area contributed by atoms with Gasteiger partial charge < -0.3 is 15.4 Å². The van der Waals surface area contributed by atoms with Crippen LogP contribution in [0.4, 0.5) is 0 Å². The van der Waals surface area contributed by atoms with Crippen LogP contribution in [-0.4, -0.2) is 25.0 Å². The Morgan fingerprint density at radius 2 is 1.71 bits per heavy atom. The number of rotatable bonds is 8. The molecule has 28 heavy (non-hydrogen) atoms. The van der Waals surface area contributed by atoms with Crippen LogP contribution < -0.4 is 15.4 Å². The molecule has 3 rings (SSSR count). The van der Waals surface area contributed by atoms with Crippen molar-refractivity contribution in [2.45, 2.75) is 19.0 Å². The molecule has 144 valence electrons. The van der Waals surface area contributed by atoms with Crippen LogP contribution >= 0.6 is 11.3 Å². The van der Waals surface area contributed by atoms with Crippen LogP contribution in [0.5, 0.6) is 5.75 Å². The van der Waals surface area contributed by atoms with Crippen LogP contribution in [-0.2, 0) is 17.8 Å². The second-order valence-electron chi connectivity index (χ2n) is 6.26. The lowest BCUT2D eigenvalue weighted by atomic mass is 10.0. The lowest BCUT2D eigenvalue weighted by Crippen LogP contribution is -2.47. The van der Waals surface area contributed by atoms with Gasteiger partial charge in [0.05, 0.1) is 12.0 Å². The molecule has 5 nitrogen and oxygen atoms in total. The third-order valence-electron chi connectivity index (χ3n) is 4.28. The molecule has 0 aliphatic rings. The van der Waals surface area contributed by atoms with E-state index < -0.39 is 6.04 Å². The fourth-order valence-corrected chi connectivity index (χ4v) is 3.38. The highest BCUT2D eigenvalue weighted by Gasteiger charge is 2.22. The maximum absolute atomic E-state index is 12.8. The quantitative estimate of drug-likeness (QED) is 0.615. The molecule has 0 aliphatic heterocycles. The summed E-state index contributed by atoms with van der Waals surface area (Å²) in [6, 6.07) is 20.0. The van der Waals surface area contributed by atoms with E-state index in [9.17, 15) is 9.59 Å². The van der Waals surface area contributed by atoms with Crippen LogP contribution in [0.25, 0.3) is 0 Å². The summed E-state index contributed by atoms with van der Waals surface area (Å²) in [6.07, 6.45) is 0.423. The molecule has 1 aromatic heterocycles. The Labute approximate surface area is 168 Å². The van der Waals surface area contributed by atoms with E-state index in [1.165, 1.54) is 11.3 Å². The zero-order valence-electron chi connectivity index (χ0n) is 15.6. The SMILES string of the molecule is COc1ccc(CNC(=O)[C@H](Cc2ccccc2)NC(=O)c2cccs2)cc1. The molecule has 0 unspecified atom stereocenters. The van der Waals surface area contributed by atoms with Gasteiger partial charge in [-0.3, -0.25) is 9.59 Å². The van der Waals surface area contributed by atoms with E-state index in [2.05, 4.69) is 10.6 Å². The number of hydrogen-bond acceptors (Lipinski definition) is 4. The summed E-state index contributed by atoms with van der Waals surface area (Å²) in [4.78, 5) is 25.8. The number of thiophene rings is 1. The van der Waals surface area contributed by atoms with Crippen LogP contribution in [0, 0.1) is 0 Å².